The van der Waals surface area contributed by atoms with Gasteiger partial charge in [0, 0.05) is 18.1 Å². The summed E-state index contributed by atoms with van der Waals surface area (Å²) >= 11 is 5.74. The van der Waals surface area contributed by atoms with Crippen molar-refractivity contribution < 1.29 is 22.4 Å². The van der Waals surface area contributed by atoms with Crippen LogP contribution < -0.4 is 0 Å². The maximum Gasteiger partial charge on any atom is 0.417 e. The molecule has 0 fully saturated rings. The zero-order valence-electron chi connectivity index (χ0n) is 11.6. The third kappa shape index (κ3) is 3.03. The topological polar surface area (TPSA) is 20.3 Å². The molecule has 2 nitrogen and oxygen atoms in total. The van der Waals surface area contributed by atoms with E-state index in [2.05, 4.69) is 0 Å². The smallest absolute Gasteiger partial charge is 0.330 e. The van der Waals surface area contributed by atoms with E-state index in [-0.39, 0.29) is 29.2 Å². The molecule has 2 aromatic rings. The Kier molecular flexibility index (Phi) is 3.80. The molecular weight excluding hydrogens is 334 g/mol. The summed E-state index contributed by atoms with van der Waals surface area (Å²) in [4.78, 5) is 13.6. The van der Waals surface area contributed by atoms with E-state index in [9.17, 15) is 22.4 Å². The highest BCUT2D eigenvalue weighted by Gasteiger charge is 2.41. The Morgan fingerprint density at radius 3 is 2.39 bits per heavy atom. The number of carbonyl (C=O) groups is 1. The van der Waals surface area contributed by atoms with Crippen LogP contribution in [-0.2, 0) is 19.3 Å². The van der Waals surface area contributed by atoms with Crippen molar-refractivity contribution >= 4 is 17.5 Å². The van der Waals surface area contributed by atoms with Gasteiger partial charge in [0.05, 0.1) is 11.1 Å². The monoisotopic (exact) mass is 343 g/mol. The Balaban J connectivity index is 1.94. The molecule has 0 atom stereocenters. The zero-order chi connectivity index (χ0) is 16.8. The van der Waals surface area contributed by atoms with Crippen LogP contribution >= 0.6 is 11.6 Å². The van der Waals surface area contributed by atoms with Gasteiger partial charge in [-0.1, -0.05) is 23.7 Å². The Bertz CT molecular complexity index is 771. The van der Waals surface area contributed by atoms with Crippen molar-refractivity contribution in [2.24, 2.45) is 0 Å². The van der Waals surface area contributed by atoms with E-state index in [1.165, 1.54) is 35.2 Å². The number of rotatable bonds is 2. The highest BCUT2D eigenvalue weighted by Crippen LogP contribution is 2.39. The van der Waals surface area contributed by atoms with Crippen LogP contribution in [0.1, 0.15) is 27.0 Å². The Labute approximate surface area is 134 Å². The number of hydrogen-bond acceptors (Lipinski definition) is 1. The van der Waals surface area contributed by atoms with Gasteiger partial charge < -0.3 is 4.90 Å². The molecule has 0 saturated heterocycles. The number of benzene rings is 2. The fraction of sp³-hybridized carbons (Fsp3) is 0.188. The number of halogens is 5. The highest BCUT2D eigenvalue weighted by atomic mass is 35.5. The lowest BCUT2D eigenvalue weighted by atomic mass is 10.0. The zero-order valence-corrected chi connectivity index (χ0v) is 12.4. The van der Waals surface area contributed by atoms with Crippen molar-refractivity contribution in [3.8, 4) is 0 Å². The van der Waals surface area contributed by atoms with Crippen molar-refractivity contribution in [3.05, 3.63) is 69.5 Å². The molecule has 0 saturated carbocycles. The molecule has 120 valence electrons. The molecular formula is C16H10ClF4NO. The minimum atomic E-state index is -4.66. The molecule has 0 spiro atoms. The van der Waals surface area contributed by atoms with Gasteiger partial charge in [-0.2, -0.15) is 13.2 Å². The van der Waals surface area contributed by atoms with Gasteiger partial charge in [0.2, 0.25) is 0 Å². The van der Waals surface area contributed by atoms with Crippen molar-refractivity contribution in [3.63, 3.8) is 0 Å². The predicted octanol–water partition coefficient (Wildman–Crippen LogP) is 4.65. The standard InChI is InChI=1S/C16H10ClF4NO/c17-11-5-10-8-22(7-9-1-3-12(18)4-2-9)15(23)14(10)13(6-11)16(19,20)21/h1-6H,7-8H2. The van der Waals surface area contributed by atoms with Gasteiger partial charge in [0.15, 0.2) is 0 Å². The van der Waals surface area contributed by atoms with Crippen LogP contribution in [0.3, 0.4) is 0 Å². The molecule has 3 rings (SSSR count). The van der Waals surface area contributed by atoms with Gasteiger partial charge in [-0.05, 0) is 35.4 Å². The maximum atomic E-state index is 13.1. The predicted molar refractivity (Wildman–Crippen MR) is 76.4 cm³/mol. The van der Waals surface area contributed by atoms with E-state index in [1.807, 2.05) is 0 Å². The summed E-state index contributed by atoms with van der Waals surface area (Å²) < 4.78 is 52.3. The molecule has 0 aromatic heterocycles. The molecule has 1 heterocycles. The van der Waals surface area contributed by atoms with Gasteiger partial charge in [-0.15, -0.1) is 0 Å². The van der Waals surface area contributed by atoms with E-state index in [1.54, 1.807) is 0 Å². The number of hydrogen-bond donors (Lipinski definition) is 0. The highest BCUT2D eigenvalue weighted by molar-refractivity contribution is 6.31. The van der Waals surface area contributed by atoms with Crippen LogP contribution in [0.2, 0.25) is 5.02 Å². The second-order valence-electron chi connectivity index (χ2n) is 5.27. The molecule has 1 amide bonds. The summed E-state index contributed by atoms with van der Waals surface area (Å²) in [6, 6.07) is 7.59. The van der Waals surface area contributed by atoms with Crippen LogP contribution in [0, 0.1) is 5.82 Å². The van der Waals surface area contributed by atoms with E-state index in [0.29, 0.717) is 5.56 Å². The third-order valence-electron chi connectivity index (χ3n) is 3.64. The van der Waals surface area contributed by atoms with Crippen molar-refractivity contribution in [1.29, 1.82) is 0 Å². The number of fused-ring (bicyclic) bond motifs is 1. The van der Waals surface area contributed by atoms with Crippen LogP contribution in [0.5, 0.6) is 0 Å². The largest absolute Gasteiger partial charge is 0.417 e. The Morgan fingerprint density at radius 2 is 1.78 bits per heavy atom. The lowest BCUT2D eigenvalue weighted by Gasteiger charge is -2.16. The van der Waals surface area contributed by atoms with E-state index >= 15 is 0 Å². The third-order valence-corrected chi connectivity index (χ3v) is 3.86. The summed E-state index contributed by atoms with van der Waals surface area (Å²) in [5.74, 6) is -1.12. The van der Waals surface area contributed by atoms with Crippen molar-refractivity contribution in [2.45, 2.75) is 19.3 Å². The minimum Gasteiger partial charge on any atom is -0.330 e. The molecule has 0 N–H and O–H groups in total. The minimum absolute atomic E-state index is 0.0369. The molecule has 0 unspecified atom stereocenters. The van der Waals surface area contributed by atoms with Gasteiger partial charge in [-0.3, -0.25) is 4.79 Å². The molecule has 1 aliphatic heterocycles. The lowest BCUT2D eigenvalue weighted by molar-refractivity contribution is -0.137. The van der Waals surface area contributed by atoms with Crippen LogP contribution in [0.25, 0.3) is 0 Å². The molecule has 2 aromatic carbocycles. The summed E-state index contributed by atoms with van der Waals surface area (Å²) in [5, 5.41) is -0.0625. The maximum absolute atomic E-state index is 13.1. The number of nitrogens with zero attached hydrogens (tertiary/aromatic N) is 1. The quantitative estimate of drug-likeness (QED) is 0.727. The summed E-state index contributed by atoms with van der Waals surface area (Å²) in [6.07, 6.45) is -4.66. The van der Waals surface area contributed by atoms with Gasteiger partial charge in [0.1, 0.15) is 5.82 Å². The first-order valence-corrected chi connectivity index (χ1v) is 7.07. The van der Waals surface area contributed by atoms with Crippen LogP contribution in [0.15, 0.2) is 36.4 Å². The Morgan fingerprint density at radius 1 is 1.13 bits per heavy atom. The first-order valence-electron chi connectivity index (χ1n) is 6.69. The summed E-state index contributed by atoms with van der Waals surface area (Å²) in [5.41, 5.74) is -0.500. The van der Waals surface area contributed by atoms with Gasteiger partial charge >= 0.3 is 6.18 Å². The molecule has 23 heavy (non-hydrogen) atoms. The average molecular weight is 344 g/mol. The van der Waals surface area contributed by atoms with Gasteiger partial charge in [0.25, 0.3) is 5.91 Å². The van der Waals surface area contributed by atoms with Gasteiger partial charge in [-0.25, -0.2) is 4.39 Å². The first-order chi connectivity index (χ1) is 10.8. The molecule has 0 aliphatic carbocycles. The van der Waals surface area contributed by atoms with E-state index < -0.39 is 23.5 Å². The first kappa shape index (κ1) is 15.8. The van der Waals surface area contributed by atoms with Crippen LogP contribution in [0.4, 0.5) is 17.6 Å². The second kappa shape index (κ2) is 5.53. The number of carbonyl (C=O) groups excluding carboxylic acids is 1. The molecule has 1 aliphatic rings. The fourth-order valence-corrected chi connectivity index (χ4v) is 2.88. The SMILES string of the molecule is O=C1c2c(cc(Cl)cc2C(F)(F)F)CN1Cc1ccc(F)cc1. The second-order valence-corrected chi connectivity index (χ2v) is 5.71. The number of alkyl halides is 3. The summed E-state index contributed by atoms with van der Waals surface area (Å²) in [6.45, 7) is 0.137. The summed E-state index contributed by atoms with van der Waals surface area (Å²) in [7, 11) is 0. The fourth-order valence-electron chi connectivity index (χ4n) is 2.64. The van der Waals surface area contributed by atoms with Crippen molar-refractivity contribution in [1.82, 2.24) is 4.90 Å². The van der Waals surface area contributed by atoms with Crippen molar-refractivity contribution in [2.75, 3.05) is 0 Å². The van der Waals surface area contributed by atoms with E-state index in [4.69, 9.17) is 11.6 Å². The normalized spacial score (nSPS) is 14.3. The average Bonchev–Trinajstić information content (AvgIpc) is 2.76. The lowest BCUT2D eigenvalue weighted by Crippen LogP contribution is -2.24. The molecule has 7 heteroatoms. The molecule has 0 radical (unpaired) electrons. The van der Waals surface area contributed by atoms with E-state index in [0.717, 1.165) is 6.07 Å². The molecule has 0 bridgehead atoms. The number of amides is 1. The van der Waals surface area contributed by atoms with Crippen LogP contribution in [-0.4, -0.2) is 10.8 Å². The Hall–Kier alpha value is -2.08.